The van der Waals surface area contributed by atoms with Crippen molar-refractivity contribution in [1.29, 1.82) is 0 Å². The third-order valence-corrected chi connectivity index (χ3v) is 4.28. The van der Waals surface area contributed by atoms with Crippen molar-refractivity contribution in [3.63, 3.8) is 0 Å². The molecule has 0 radical (unpaired) electrons. The van der Waals surface area contributed by atoms with Gasteiger partial charge >= 0.3 is 5.69 Å². The standard InChI is InChI=1S/C16H21N5O2/c1-19-14(17)13(15(22)18-16(19)23)21-9-7-20(8-10-21)11-12-5-3-2-4-6-12/h2-6H,7-11,17H2,1H3,(H,18,22,23). The molecule has 0 aliphatic carbocycles. The number of nitrogens with zero attached hydrogens (tertiary/aromatic N) is 3. The topological polar surface area (TPSA) is 87.4 Å². The van der Waals surface area contributed by atoms with Crippen molar-refractivity contribution >= 4 is 11.5 Å². The number of hydrogen-bond acceptors (Lipinski definition) is 5. The van der Waals surface area contributed by atoms with Gasteiger partial charge in [0.15, 0.2) is 0 Å². The van der Waals surface area contributed by atoms with E-state index in [2.05, 4.69) is 22.0 Å². The first kappa shape index (κ1) is 15.4. The molecular formula is C16H21N5O2. The van der Waals surface area contributed by atoms with E-state index in [9.17, 15) is 9.59 Å². The highest BCUT2D eigenvalue weighted by Crippen LogP contribution is 2.18. The fourth-order valence-corrected chi connectivity index (χ4v) is 2.90. The minimum Gasteiger partial charge on any atom is -0.383 e. The number of nitrogen functional groups attached to an aromatic ring is 1. The second-order valence-electron chi connectivity index (χ2n) is 5.80. The number of H-pyrrole nitrogens is 1. The van der Waals surface area contributed by atoms with Gasteiger partial charge < -0.3 is 10.6 Å². The Labute approximate surface area is 134 Å². The van der Waals surface area contributed by atoms with E-state index in [0.29, 0.717) is 18.8 Å². The molecule has 122 valence electrons. The highest BCUT2D eigenvalue weighted by atomic mass is 16.2. The first-order valence-electron chi connectivity index (χ1n) is 7.66. The summed E-state index contributed by atoms with van der Waals surface area (Å²) < 4.78 is 1.27. The van der Waals surface area contributed by atoms with Crippen LogP contribution in [0.1, 0.15) is 5.56 Å². The Balaban J connectivity index is 1.71. The number of nitrogens with one attached hydrogen (secondary N) is 1. The molecule has 0 spiro atoms. The number of rotatable bonds is 3. The van der Waals surface area contributed by atoms with Gasteiger partial charge in [0, 0.05) is 39.8 Å². The lowest BCUT2D eigenvalue weighted by atomic mass is 10.2. The maximum atomic E-state index is 12.1. The van der Waals surface area contributed by atoms with Crippen molar-refractivity contribution in [3.8, 4) is 0 Å². The molecule has 1 saturated heterocycles. The van der Waals surface area contributed by atoms with Crippen LogP contribution in [-0.2, 0) is 13.6 Å². The predicted octanol–water partition coefficient (Wildman–Crippen LogP) is -0.0220. The van der Waals surface area contributed by atoms with E-state index in [1.54, 1.807) is 7.05 Å². The number of anilines is 2. The first-order chi connectivity index (χ1) is 11.1. The van der Waals surface area contributed by atoms with Gasteiger partial charge in [0.25, 0.3) is 5.56 Å². The van der Waals surface area contributed by atoms with Crippen LogP contribution < -0.4 is 21.9 Å². The molecule has 1 fully saturated rings. The van der Waals surface area contributed by atoms with Crippen molar-refractivity contribution in [2.75, 3.05) is 36.8 Å². The molecule has 0 atom stereocenters. The van der Waals surface area contributed by atoms with Crippen LogP contribution in [0.5, 0.6) is 0 Å². The maximum Gasteiger partial charge on any atom is 0.329 e. The molecule has 1 aromatic carbocycles. The van der Waals surface area contributed by atoms with E-state index in [1.165, 1.54) is 10.1 Å². The Morgan fingerprint density at radius 3 is 2.39 bits per heavy atom. The maximum absolute atomic E-state index is 12.1. The lowest BCUT2D eigenvalue weighted by Crippen LogP contribution is -2.48. The molecule has 3 N–H and O–H groups in total. The Hall–Kier alpha value is -2.54. The molecule has 1 aliphatic heterocycles. The van der Waals surface area contributed by atoms with Gasteiger partial charge in [-0.05, 0) is 5.56 Å². The predicted molar refractivity (Wildman–Crippen MR) is 90.6 cm³/mol. The quantitative estimate of drug-likeness (QED) is 0.831. The molecule has 0 amide bonds. The van der Waals surface area contributed by atoms with Crippen molar-refractivity contribution in [2.24, 2.45) is 7.05 Å². The van der Waals surface area contributed by atoms with Crippen LogP contribution in [0.2, 0.25) is 0 Å². The molecule has 0 saturated carbocycles. The molecule has 0 unspecified atom stereocenters. The van der Waals surface area contributed by atoms with Crippen molar-refractivity contribution in [2.45, 2.75) is 6.54 Å². The van der Waals surface area contributed by atoms with Gasteiger partial charge in [0.05, 0.1) is 0 Å². The molecule has 7 heteroatoms. The second-order valence-corrected chi connectivity index (χ2v) is 5.80. The van der Waals surface area contributed by atoms with Gasteiger partial charge in [-0.15, -0.1) is 0 Å². The Kier molecular flexibility index (Phi) is 4.20. The number of piperazine rings is 1. The number of aromatic nitrogens is 2. The van der Waals surface area contributed by atoms with Gasteiger partial charge in [0.1, 0.15) is 11.5 Å². The Morgan fingerprint density at radius 2 is 1.74 bits per heavy atom. The van der Waals surface area contributed by atoms with Crippen molar-refractivity contribution < 1.29 is 0 Å². The number of benzene rings is 1. The fourth-order valence-electron chi connectivity index (χ4n) is 2.90. The zero-order valence-electron chi connectivity index (χ0n) is 13.2. The molecule has 3 rings (SSSR count). The largest absolute Gasteiger partial charge is 0.383 e. The lowest BCUT2D eigenvalue weighted by molar-refractivity contribution is 0.249. The van der Waals surface area contributed by atoms with E-state index in [-0.39, 0.29) is 5.82 Å². The number of hydrogen-bond donors (Lipinski definition) is 2. The van der Waals surface area contributed by atoms with Crippen LogP contribution >= 0.6 is 0 Å². The summed E-state index contributed by atoms with van der Waals surface area (Å²) in [5, 5.41) is 0. The second kappa shape index (κ2) is 6.29. The van der Waals surface area contributed by atoms with E-state index in [1.807, 2.05) is 23.1 Å². The number of nitrogens with two attached hydrogens (primary N) is 1. The van der Waals surface area contributed by atoms with Crippen LogP contribution in [-0.4, -0.2) is 40.6 Å². The summed E-state index contributed by atoms with van der Waals surface area (Å²) in [5.74, 6) is 0.218. The Morgan fingerprint density at radius 1 is 1.09 bits per heavy atom. The first-order valence-corrected chi connectivity index (χ1v) is 7.66. The number of aromatic amines is 1. The van der Waals surface area contributed by atoms with E-state index < -0.39 is 11.2 Å². The molecule has 23 heavy (non-hydrogen) atoms. The molecule has 2 heterocycles. The normalized spacial score (nSPS) is 15.8. The van der Waals surface area contributed by atoms with E-state index >= 15 is 0 Å². The minimum atomic E-state index is -0.487. The minimum absolute atomic E-state index is 0.218. The third kappa shape index (κ3) is 3.14. The van der Waals surface area contributed by atoms with Crippen LogP contribution in [0.15, 0.2) is 39.9 Å². The van der Waals surface area contributed by atoms with Crippen LogP contribution in [0.4, 0.5) is 11.5 Å². The summed E-state index contributed by atoms with van der Waals surface area (Å²) in [6.45, 7) is 4.00. The van der Waals surface area contributed by atoms with Crippen molar-refractivity contribution in [1.82, 2.24) is 14.5 Å². The highest BCUT2D eigenvalue weighted by Gasteiger charge is 2.22. The molecule has 0 bridgehead atoms. The fraction of sp³-hybridized carbons (Fsp3) is 0.375. The molecule has 1 aliphatic rings. The zero-order valence-corrected chi connectivity index (χ0v) is 13.2. The van der Waals surface area contributed by atoms with E-state index in [0.717, 1.165) is 19.6 Å². The monoisotopic (exact) mass is 315 g/mol. The summed E-state index contributed by atoms with van der Waals surface area (Å²) in [6, 6.07) is 10.3. The zero-order chi connectivity index (χ0) is 16.4. The summed E-state index contributed by atoms with van der Waals surface area (Å²) in [6.07, 6.45) is 0. The van der Waals surface area contributed by atoms with Gasteiger partial charge in [-0.3, -0.25) is 19.2 Å². The summed E-state index contributed by atoms with van der Waals surface area (Å²) in [5.41, 5.74) is 6.73. The molecular weight excluding hydrogens is 294 g/mol. The average Bonchev–Trinajstić information content (AvgIpc) is 2.55. The highest BCUT2D eigenvalue weighted by molar-refractivity contribution is 5.62. The van der Waals surface area contributed by atoms with E-state index in [4.69, 9.17) is 5.73 Å². The van der Waals surface area contributed by atoms with Gasteiger partial charge in [0.2, 0.25) is 0 Å². The third-order valence-electron chi connectivity index (χ3n) is 4.28. The average molecular weight is 315 g/mol. The van der Waals surface area contributed by atoms with Crippen molar-refractivity contribution in [3.05, 3.63) is 56.7 Å². The molecule has 1 aromatic heterocycles. The summed E-state index contributed by atoms with van der Waals surface area (Å²) in [4.78, 5) is 30.2. The molecule has 2 aromatic rings. The van der Waals surface area contributed by atoms with Gasteiger partial charge in [-0.25, -0.2) is 4.79 Å². The summed E-state index contributed by atoms with van der Waals surface area (Å²) in [7, 11) is 1.56. The SMILES string of the molecule is Cn1c(N)c(N2CCN(Cc3ccccc3)CC2)c(=O)[nH]c1=O. The van der Waals surface area contributed by atoms with Crippen LogP contribution in [0.3, 0.4) is 0 Å². The van der Waals surface area contributed by atoms with Crippen LogP contribution in [0, 0.1) is 0 Å². The molecule has 7 nitrogen and oxygen atoms in total. The summed E-state index contributed by atoms with van der Waals surface area (Å²) >= 11 is 0. The van der Waals surface area contributed by atoms with Crippen LogP contribution in [0.25, 0.3) is 0 Å². The smallest absolute Gasteiger partial charge is 0.329 e. The van der Waals surface area contributed by atoms with Gasteiger partial charge in [-0.2, -0.15) is 0 Å². The Bertz CT molecular complexity index is 788. The lowest BCUT2D eigenvalue weighted by Gasteiger charge is -2.36. The van der Waals surface area contributed by atoms with Gasteiger partial charge in [-0.1, -0.05) is 30.3 Å².